The molecule has 0 fully saturated rings. The number of aryl methyl sites for hydroxylation is 2. The second-order valence-electron chi connectivity index (χ2n) is 6.95. The highest BCUT2D eigenvalue weighted by Crippen LogP contribution is 2.35. The molecule has 0 saturated heterocycles. The third-order valence-corrected chi connectivity index (χ3v) is 6.65. The van der Waals surface area contributed by atoms with Gasteiger partial charge in [-0.2, -0.15) is 8.42 Å². The fraction of sp³-hybridized carbons (Fsp3) is 0.381. The molecule has 1 aliphatic rings. The second kappa shape index (κ2) is 8.22. The number of rotatable bonds is 6. The predicted octanol–water partition coefficient (Wildman–Crippen LogP) is 4.29. The maximum atomic E-state index is 12.6. The average Bonchev–Trinajstić information content (AvgIpc) is 3.15. The topological polar surface area (TPSA) is 78.5 Å². The summed E-state index contributed by atoms with van der Waals surface area (Å²) >= 11 is 0. The monoisotopic (exact) mass is 405 g/mol. The number of urea groups is 1. The van der Waals surface area contributed by atoms with Crippen molar-refractivity contribution in [3.8, 4) is 0 Å². The number of nitrogens with zero attached hydrogens (tertiary/aromatic N) is 1. The molecule has 0 saturated carbocycles. The first-order valence-corrected chi connectivity index (χ1v) is 11.1. The summed E-state index contributed by atoms with van der Waals surface area (Å²) in [6.07, 6.45) is 4.61. The maximum Gasteiger partial charge on any atom is 0.334 e. The maximum absolute atomic E-state index is 12.6. The van der Waals surface area contributed by atoms with Crippen molar-refractivity contribution < 1.29 is 16.1 Å². The summed E-state index contributed by atoms with van der Waals surface area (Å²) in [5, 5.41) is 2.84. The van der Waals surface area contributed by atoms with Gasteiger partial charge in [0.25, 0.3) is 0 Å². The number of hydrogen-bond acceptors (Lipinski definition) is 3. The summed E-state index contributed by atoms with van der Waals surface area (Å²) in [5.41, 5.74) is 5.96. The molecule has 3 rings (SSSR count). The summed E-state index contributed by atoms with van der Waals surface area (Å²) < 4.78 is 28.4. The van der Waals surface area contributed by atoms with Gasteiger partial charge >= 0.3 is 16.2 Å². The van der Waals surface area contributed by atoms with Gasteiger partial charge in [0.2, 0.25) is 0 Å². The number of benzene rings is 2. The van der Waals surface area contributed by atoms with E-state index in [1.165, 1.54) is 18.2 Å². The number of hydrogen-bond donors (Lipinski definition) is 2. The minimum atomic E-state index is -4.01. The molecule has 0 spiro atoms. The summed E-state index contributed by atoms with van der Waals surface area (Å²) in [6.45, 7) is 4.15. The van der Waals surface area contributed by atoms with Crippen molar-refractivity contribution in [3.63, 3.8) is 0 Å². The molecular weight excluding hydrogens is 374 g/mol. The van der Waals surface area contributed by atoms with E-state index in [0.717, 1.165) is 53.2 Å². The Balaban J connectivity index is 0.00000225. The lowest BCUT2D eigenvalue weighted by Crippen LogP contribution is -2.43. The van der Waals surface area contributed by atoms with Gasteiger partial charge in [-0.15, -0.1) is 0 Å². The fourth-order valence-corrected chi connectivity index (χ4v) is 4.65. The summed E-state index contributed by atoms with van der Waals surface area (Å²) in [5.74, 6) is 0. The van der Waals surface area contributed by atoms with Crippen LogP contribution in [0.25, 0.3) is 0 Å². The van der Waals surface area contributed by atoms with Gasteiger partial charge in [-0.3, -0.25) is 4.31 Å². The summed E-state index contributed by atoms with van der Waals surface area (Å²) in [4.78, 5) is 12.6. The van der Waals surface area contributed by atoms with Gasteiger partial charge in [0, 0.05) is 15.6 Å². The number of carbonyl (C=O) groups is 1. The zero-order valence-electron chi connectivity index (χ0n) is 16.6. The second-order valence-corrected chi connectivity index (χ2v) is 8.65. The lowest BCUT2D eigenvalue weighted by Gasteiger charge is -2.22. The zero-order chi connectivity index (χ0) is 20.3. The lowest BCUT2D eigenvalue weighted by molar-refractivity contribution is 0.256. The number of carbonyl (C=O) groups excluding carboxylic acids is 1. The first-order chi connectivity index (χ1) is 13.4. The van der Waals surface area contributed by atoms with Crippen LogP contribution in [0.4, 0.5) is 16.2 Å². The van der Waals surface area contributed by atoms with Gasteiger partial charge in [-0.1, -0.05) is 38.1 Å². The van der Waals surface area contributed by atoms with Crippen LogP contribution >= 0.6 is 0 Å². The van der Waals surface area contributed by atoms with E-state index in [4.69, 9.17) is 0 Å². The molecule has 2 amide bonds. The third-order valence-electron chi connectivity index (χ3n) is 5.28. The SMILES string of the molecule is CCc1cc2c(c(NC(=O)NS(=O)(=O)N(C)c3ccccc3)c1CC)CCC2.[HH].[HH]. The molecule has 2 aromatic carbocycles. The molecule has 0 unspecified atom stereocenters. The number of fused-ring (bicyclic) bond motifs is 1. The number of nitrogens with one attached hydrogen (secondary N) is 2. The van der Waals surface area contributed by atoms with E-state index in [2.05, 4.69) is 30.0 Å². The predicted molar refractivity (Wildman–Crippen MR) is 117 cm³/mol. The Morgan fingerprint density at radius 3 is 2.50 bits per heavy atom. The highest BCUT2D eigenvalue weighted by Gasteiger charge is 2.25. The van der Waals surface area contributed by atoms with Crippen LogP contribution < -0.4 is 14.3 Å². The van der Waals surface area contributed by atoms with Crippen LogP contribution in [0.3, 0.4) is 0 Å². The Kier molecular flexibility index (Phi) is 5.93. The molecule has 28 heavy (non-hydrogen) atoms. The van der Waals surface area contributed by atoms with Crippen molar-refractivity contribution >= 4 is 27.6 Å². The van der Waals surface area contributed by atoms with Crippen molar-refractivity contribution in [1.82, 2.24) is 4.72 Å². The van der Waals surface area contributed by atoms with E-state index >= 15 is 0 Å². The van der Waals surface area contributed by atoms with Crippen molar-refractivity contribution in [2.24, 2.45) is 0 Å². The lowest BCUT2D eigenvalue weighted by atomic mass is 9.94. The Hall–Kier alpha value is -2.54. The Bertz CT molecular complexity index is 983. The van der Waals surface area contributed by atoms with Gasteiger partial charge < -0.3 is 5.32 Å². The molecule has 2 aromatic rings. The molecule has 0 aliphatic heterocycles. The molecule has 1 aliphatic carbocycles. The molecule has 0 atom stereocenters. The minimum Gasteiger partial charge on any atom is -0.307 e. The number of amides is 2. The number of para-hydroxylation sites is 1. The molecule has 7 heteroatoms. The smallest absolute Gasteiger partial charge is 0.307 e. The first kappa shape index (κ1) is 20.2. The molecule has 2 N–H and O–H groups in total. The first-order valence-electron chi connectivity index (χ1n) is 9.66. The Morgan fingerprint density at radius 1 is 1.14 bits per heavy atom. The molecular formula is C21H31N3O3S. The van der Waals surface area contributed by atoms with Crippen LogP contribution in [0.5, 0.6) is 0 Å². The summed E-state index contributed by atoms with van der Waals surface area (Å²) in [7, 11) is -2.60. The van der Waals surface area contributed by atoms with Gasteiger partial charge in [0.05, 0.1) is 5.69 Å². The fourth-order valence-electron chi connectivity index (χ4n) is 3.82. The standard InChI is InChI=1S/C21H27N3O3S.2H2/c1-4-15-14-16-10-9-13-19(16)20(18(15)5-2)22-21(25)23-28(26,27)24(3)17-11-7-6-8-12-17;;/h6-8,11-12,14H,4-5,9-10,13H2,1-3H3,(H2,22,23,25);2*1H. The average molecular weight is 406 g/mol. The van der Waals surface area contributed by atoms with E-state index in [-0.39, 0.29) is 2.85 Å². The van der Waals surface area contributed by atoms with E-state index < -0.39 is 16.2 Å². The van der Waals surface area contributed by atoms with Crippen molar-refractivity contribution in [2.45, 2.75) is 46.0 Å². The van der Waals surface area contributed by atoms with E-state index in [1.807, 2.05) is 0 Å². The van der Waals surface area contributed by atoms with E-state index in [0.29, 0.717) is 5.69 Å². The largest absolute Gasteiger partial charge is 0.334 e. The van der Waals surface area contributed by atoms with Crippen LogP contribution in [-0.2, 0) is 35.9 Å². The van der Waals surface area contributed by atoms with E-state index in [9.17, 15) is 13.2 Å². The third kappa shape index (κ3) is 3.99. The van der Waals surface area contributed by atoms with Crippen LogP contribution in [0.15, 0.2) is 36.4 Å². The Morgan fingerprint density at radius 2 is 1.86 bits per heavy atom. The highest BCUT2D eigenvalue weighted by molar-refractivity contribution is 7.91. The van der Waals surface area contributed by atoms with Gasteiger partial charge in [-0.25, -0.2) is 9.52 Å². The van der Waals surface area contributed by atoms with Crippen molar-refractivity contribution in [1.29, 1.82) is 0 Å². The quantitative estimate of drug-likeness (QED) is 0.752. The zero-order valence-corrected chi connectivity index (χ0v) is 17.4. The van der Waals surface area contributed by atoms with Crippen LogP contribution in [-0.4, -0.2) is 21.5 Å². The number of anilines is 2. The normalized spacial score (nSPS) is 13.1. The van der Waals surface area contributed by atoms with Crippen LogP contribution in [0, 0.1) is 0 Å². The molecule has 6 nitrogen and oxygen atoms in total. The summed E-state index contributed by atoms with van der Waals surface area (Å²) in [6, 6.07) is 10.1. The molecule has 0 heterocycles. The molecule has 0 radical (unpaired) electrons. The van der Waals surface area contributed by atoms with Gasteiger partial charge in [0.15, 0.2) is 0 Å². The molecule has 0 bridgehead atoms. The van der Waals surface area contributed by atoms with Gasteiger partial charge in [-0.05, 0) is 66.5 Å². The van der Waals surface area contributed by atoms with Crippen LogP contribution in [0.1, 0.15) is 45.4 Å². The Labute approximate surface area is 170 Å². The molecule has 0 aromatic heterocycles. The van der Waals surface area contributed by atoms with Crippen molar-refractivity contribution in [2.75, 3.05) is 16.7 Å². The van der Waals surface area contributed by atoms with E-state index in [1.54, 1.807) is 30.3 Å². The minimum absolute atomic E-state index is 0. The van der Waals surface area contributed by atoms with Crippen LogP contribution in [0.2, 0.25) is 0 Å². The van der Waals surface area contributed by atoms with Crippen molar-refractivity contribution in [3.05, 3.63) is 58.7 Å². The molecule has 154 valence electrons. The highest BCUT2D eigenvalue weighted by atomic mass is 32.2. The van der Waals surface area contributed by atoms with Gasteiger partial charge in [0.1, 0.15) is 0 Å².